The average molecular weight is 672 g/mol. The second kappa shape index (κ2) is 14.7. The number of hydrogen-bond acceptors (Lipinski definition) is 6. The van der Waals surface area contributed by atoms with Crippen LogP contribution in [0.3, 0.4) is 0 Å². The van der Waals surface area contributed by atoms with Crippen molar-refractivity contribution < 1.29 is 32.2 Å². The first-order valence-corrected chi connectivity index (χ1v) is 17.4. The second-order valence-corrected chi connectivity index (χ2v) is 13.7. The first-order chi connectivity index (χ1) is 22.5. The molecule has 2 amide bonds. The van der Waals surface area contributed by atoms with Crippen LogP contribution in [0.15, 0.2) is 54.0 Å². The number of halogens is 3. The van der Waals surface area contributed by atoms with Crippen LogP contribution in [0.4, 0.5) is 13.2 Å². The third-order valence-electron chi connectivity index (χ3n) is 9.55. The number of rotatable bonds is 10. The summed E-state index contributed by atoms with van der Waals surface area (Å²) in [5.74, 6) is 0.520. The number of amides is 2. The summed E-state index contributed by atoms with van der Waals surface area (Å²) in [7, 11) is 1.67. The van der Waals surface area contributed by atoms with Gasteiger partial charge >= 0.3 is 6.18 Å². The fourth-order valence-electron chi connectivity index (χ4n) is 7.48. The highest BCUT2D eigenvalue weighted by atomic mass is 32.1. The van der Waals surface area contributed by atoms with E-state index < -0.39 is 35.0 Å². The van der Waals surface area contributed by atoms with Crippen molar-refractivity contribution in [1.82, 2.24) is 14.8 Å². The second-order valence-electron chi connectivity index (χ2n) is 12.6. The van der Waals surface area contributed by atoms with Gasteiger partial charge < -0.3 is 19.3 Å². The fraction of sp³-hybridized carbons (Fsp3) is 0.528. The van der Waals surface area contributed by atoms with E-state index in [1.54, 1.807) is 7.11 Å². The average Bonchev–Trinajstić information content (AvgIpc) is 3.48. The molecule has 2 aromatic heterocycles. The molecule has 0 bridgehead atoms. The molecule has 4 atom stereocenters. The highest BCUT2D eigenvalue weighted by Gasteiger charge is 2.57. The van der Waals surface area contributed by atoms with Crippen molar-refractivity contribution in [2.45, 2.75) is 102 Å². The molecule has 2 aliphatic heterocycles. The summed E-state index contributed by atoms with van der Waals surface area (Å²) in [6.45, 7) is 6.69. The molecule has 2 fully saturated rings. The summed E-state index contributed by atoms with van der Waals surface area (Å²) < 4.78 is 54.6. The normalized spacial score (nSPS) is 23.4. The van der Waals surface area contributed by atoms with Gasteiger partial charge in [0.2, 0.25) is 5.60 Å². The molecular formula is C36H44F3N3O4S. The van der Waals surface area contributed by atoms with Crippen LogP contribution in [-0.2, 0) is 11.0 Å². The predicted octanol–water partition coefficient (Wildman–Crippen LogP) is 8.28. The van der Waals surface area contributed by atoms with Crippen molar-refractivity contribution in [3.8, 4) is 11.5 Å². The first kappa shape index (κ1) is 34.7. The number of carbonyl (C=O) groups is 2. The number of aryl methyl sites for hydroxylation is 1. The van der Waals surface area contributed by atoms with E-state index in [2.05, 4.69) is 18.0 Å². The zero-order valence-electron chi connectivity index (χ0n) is 27.5. The van der Waals surface area contributed by atoms with Crippen molar-refractivity contribution in [2.75, 3.05) is 20.2 Å². The van der Waals surface area contributed by atoms with E-state index in [9.17, 15) is 18.0 Å². The number of likely N-dealkylation sites (tertiary alicyclic amines) is 2. The number of methoxy groups -OCH3 is 1. The number of carbonyl (C=O) groups excluding carboxylic acids is 2. The van der Waals surface area contributed by atoms with Gasteiger partial charge in [0.05, 0.1) is 18.7 Å². The smallest absolute Gasteiger partial charge is 0.418 e. The molecule has 2 aliphatic rings. The molecule has 1 aromatic carbocycles. The van der Waals surface area contributed by atoms with Gasteiger partial charge in [-0.05, 0) is 74.8 Å². The maximum absolute atomic E-state index is 15.2. The van der Waals surface area contributed by atoms with Gasteiger partial charge in [-0.3, -0.25) is 14.6 Å². The monoisotopic (exact) mass is 671 g/mol. The molecule has 254 valence electrons. The maximum atomic E-state index is 15.2. The zero-order chi connectivity index (χ0) is 33.8. The number of hydrogen-bond donors (Lipinski definition) is 0. The van der Waals surface area contributed by atoms with E-state index in [1.807, 2.05) is 48.4 Å². The molecule has 2 saturated heterocycles. The number of para-hydroxylation sites is 1. The molecule has 0 aliphatic carbocycles. The first-order valence-electron chi connectivity index (χ1n) is 16.5. The van der Waals surface area contributed by atoms with Gasteiger partial charge in [0.25, 0.3) is 11.8 Å². The number of piperidine rings is 2. The fourth-order valence-corrected chi connectivity index (χ4v) is 8.08. The SMILES string of the molecule is CCC[C@H]1C[C@H](c2ccccc2OC)CCN1C(=O)[C@]1(Oc2csc(C)c2)CCCN(C(=O)c2ncccc2C(F)(F)F)[C@@H]1CCC. The lowest BCUT2D eigenvalue weighted by Gasteiger charge is -2.52. The molecule has 4 heterocycles. The van der Waals surface area contributed by atoms with Gasteiger partial charge in [-0.1, -0.05) is 44.9 Å². The molecule has 47 heavy (non-hydrogen) atoms. The number of pyridine rings is 1. The molecule has 0 radical (unpaired) electrons. The molecule has 0 N–H and O–H groups in total. The van der Waals surface area contributed by atoms with E-state index in [1.165, 1.54) is 28.5 Å². The Labute approximate surface area is 279 Å². The molecule has 7 nitrogen and oxygen atoms in total. The number of thiophene rings is 1. The van der Waals surface area contributed by atoms with Gasteiger partial charge in [-0.15, -0.1) is 11.3 Å². The summed E-state index contributed by atoms with van der Waals surface area (Å²) in [6.07, 6.45) is 1.28. The van der Waals surface area contributed by atoms with E-state index in [4.69, 9.17) is 9.47 Å². The van der Waals surface area contributed by atoms with Crippen LogP contribution in [0.5, 0.6) is 11.5 Å². The van der Waals surface area contributed by atoms with E-state index in [-0.39, 0.29) is 24.4 Å². The third-order valence-corrected chi connectivity index (χ3v) is 10.4. The lowest BCUT2D eigenvalue weighted by Crippen LogP contribution is -2.69. The van der Waals surface area contributed by atoms with E-state index >= 15 is 4.79 Å². The van der Waals surface area contributed by atoms with Gasteiger partial charge in [0.15, 0.2) is 0 Å². The lowest BCUT2D eigenvalue weighted by molar-refractivity contribution is -0.163. The molecule has 0 saturated carbocycles. The summed E-state index contributed by atoms with van der Waals surface area (Å²) >= 11 is 1.49. The summed E-state index contributed by atoms with van der Waals surface area (Å²) in [5, 5.41) is 1.85. The van der Waals surface area contributed by atoms with Crippen molar-refractivity contribution in [3.05, 3.63) is 75.7 Å². The minimum atomic E-state index is -4.76. The van der Waals surface area contributed by atoms with Crippen LogP contribution >= 0.6 is 11.3 Å². The van der Waals surface area contributed by atoms with Crippen molar-refractivity contribution in [3.63, 3.8) is 0 Å². The molecule has 5 rings (SSSR count). The van der Waals surface area contributed by atoms with Crippen molar-refractivity contribution in [2.24, 2.45) is 0 Å². The maximum Gasteiger partial charge on any atom is 0.418 e. The Morgan fingerprint density at radius 2 is 1.83 bits per heavy atom. The molecule has 11 heteroatoms. The Morgan fingerprint density at radius 3 is 2.51 bits per heavy atom. The minimum absolute atomic E-state index is 0.0816. The van der Waals surface area contributed by atoms with Gasteiger partial charge in [0.1, 0.15) is 17.2 Å². The Balaban J connectivity index is 1.55. The number of nitrogens with zero attached hydrogens (tertiary/aromatic N) is 3. The Bertz CT molecular complexity index is 1550. The van der Waals surface area contributed by atoms with Crippen LogP contribution in [0.2, 0.25) is 0 Å². The van der Waals surface area contributed by atoms with Gasteiger partial charge in [0, 0.05) is 42.0 Å². The topological polar surface area (TPSA) is 72.0 Å². The van der Waals surface area contributed by atoms with Crippen LogP contribution in [0.1, 0.15) is 97.6 Å². The summed E-state index contributed by atoms with van der Waals surface area (Å²) in [4.78, 5) is 37.6. The zero-order valence-corrected chi connectivity index (χ0v) is 28.3. The standard InChI is InChI=1S/C36H44F3N3O4S/c1-5-11-26-22-25(28-13-7-8-15-30(28)45-4)16-20-41(26)34(44)35(46-27-21-24(3)47-23-27)17-10-19-42(31(35)12-6-2)33(43)32-29(36(37,38)39)14-9-18-40-32/h7-9,13-15,18,21,23,25-26,31H,5-6,10-12,16-17,19-20,22H2,1-4H3/t25-,26+,31-,35+/m1/s1. The van der Waals surface area contributed by atoms with Crippen LogP contribution in [-0.4, -0.2) is 64.5 Å². The number of alkyl halides is 3. The molecule has 0 unspecified atom stereocenters. The van der Waals surface area contributed by atoms with E-state index in [0.29, 0.717) is 38.0 Å². The van der Waals surface area contributed by atoms with Crippen molar-refractivity contribution in [1.29, 1.82) is 0 Å². The van der Waals surface area contributed by atoms with E-state index in [0.717, 1.165) is 47.9 Å². The summed E-state index contributed by atoms with van der Waals surface area (Å²) in [6, 6.07) is 11.1. The van der Waals surface area contributed by atoms with Crippen LogP contribution in [0, 0.1) is 6.92 Å². The predicted molar refractivity (Wildman–Crippen MR) is 176 cm³/mol. The quantitative estimate of drug-likeness (QED) is 0.217. The number of ether oxygens (including phenoxy) is 2. The Kier molecular flexibility index (Phi) is 10.8. The largest absolute Gasteiger partial charge is 0.496 e. The molecule has 3 aromatic rings. The van der Waals surface area contributed by atoms with Gasteiger partial charge in [-0.2, -0.15) is 13.2 Å². The third kappa shape index (κ3) is 7.15. The number of benzene rings is 1. The number of aromatic nitrogens is 1. The highest BCUT2D eigenvalue weighted by molar-refractivity contribution is 7.10. The molecule has 0 spiro atoms. The van der Waals surface area contributed by atoms with Gasteiger partial charge in [-0.25, -0.2) is 0 Å². The van der Waals surface area contributed by atoms with Crippen molar-refractivity contribution >= 4 is 23.2 Å². The van der Waals surface area contributed by atoms with Crippen LogP contribution in [0.25, 0.3) is 0 Å². The Morgan fingerprint density at radius 1 is 1.06 bits per heavy atom. The summed E-state index contributed by atoms with van der Waals surface area (Å²) in [5.41, 5.74) is -2.10. The highest BCUT2D eigenvalue weighted by Crippen LogP contribution is 2.43. The van der Waals surface area contributed by atoms with Crippen LogP contribution < -0.4 is 9.47 Å². The molecular weight excluding hydrogens is 627 g/mol. The lowest BCUT2D eigenvalue weighted by atomic mass is 9.77. The minimum Gasteiger partial charge on any atom is -0.496 e. The Hall–Kier alpha value is -3.60.